The number of hydrogen-bond donors (Lipinski definition) is 1. The highest BCUT2D eigenvalue weighted by molar-refractivity contribution is 5.58. The van der Waals surface area contributed by atoms with Crippen molar-refractivity contribution in [3.8, 4) is 5.75 Å². The van der Waals surface area contributed by atoms with Crippen molar-refractivity contribution in [1.82, 2.24) is 0 Å². The molecule has 0 unspecified atom stereocenters. The van der Waals surface area contributed by atoms with Crippen LogP contribution in [-0.4, -0.2) is 43.0 Å². The number of benzene rings is 1. The second-order valence-corrected chi connectivity index (χ2v) is 3.91. The highest BCUT2D eigenvalue weighted by Crippen LogP contribution is 2.30. The third-order valence-corrected chi connectivity index (χ3v) is 2.43. The Morgan fingerprint density at radius 2 is 2.05 bits per heavy atom. The molecule has 1 rings (SSSR count). The second kappa shape index (κ2) is 6.42. The number of halogens is 3. The summed E-state index contributed by atoms with van der Waals surface area (Å²) in [6.07, 6.45) is -4.49. The van der Waals surface area contributed by atoms with Crippen molar-refractivity contribution in [2.75, 3.05) is 31.7 Å². The van der Waals surface area contributed by atoms with E-state index in [1.54, 1.807) is 0 Å². The fraction of sp³-hybridized carbons (Fsp3) is 0.455. The summed E-state index contributed by atoms with van der Waals surface area (Å²) in [6.45, 7) is -2.14. The number of aliphatic hydroxyl groups is 1. The molecule has 0 bridgehead atoms. The number of methoxy groups -OCH3 is 1. The largest absolute Gasteiger partial charge is 0.496 e. The zero-order valence-corrected chi connectivity index (χ0v) is 10.6. The number of ether oxygens (including phenoxy) is 1. The molecule has 0 aliphatic carbocycles. The van der Waals surface area contributed by atoms with Crippen LogP contribution in [0.25, 0.3) is 0 Å². The third kappa shape index (κ3) is 4.57. The van der Waals surface area contributed by atoms with E-state index in [2.05, 4.69) is 0 Å². The molecule has 0 aliphatic heterocycles. The lowest BCUT2D eigenvalue weighted by Gasteiger charge is -2.25. The molecule has 0 saturated carbocycles. The van der Waals surface area contributed by atoms with E-state index in [4.69, 9.17) is 9.84 Å². The molecule has 0 aliphatic rings. The standard InChI is InChI=1S/C11H13F3N2O4/c1-20-10-5-8(4-9(6-10)16(18)19)15(2-3-17)7-11(12,13)14/h4-6,17H,2-3,7H2,1H3. The average molecular weight is 294 g/mol. The van der Waals surface area contributed by atoms with Crippen molar-refractivity contribution in [2.24, 2.45) is 0 Å². The van der Waals surface area contributed by atoms with Crippen molar-refractivity contribution in [3.05, 3.63) is 28.3 Å². The smallest absolute Gasteiger partial charge is 0.405 e. The summed E-state index contributed by atoms with van der Waals surface area (Å²) >= 11 is 0. The zero-order valence-electron chi connectivity index (χ0n) is 10.6. The highest BCUT2D eigenvalue weighted by Gasteiger charge is 2.31. The molecule has 1 aromatic rings. The normalized spacial score (nSPS) is 11.2. The van der Waals surface area contributed by atoms with Gasteiger partial charge in [-0.2, -0.15) is 13.2 Å². The van der Waals surface area contributed by atoms with E-state index in [1.807, 2.05) is 0 Å². The molecule has 0 fully saturated rings. The van der Waals surface area contributed by atoms with Crippen LogP contribution in [-0.2, 0) is 0 Å². The molecule has 0 atom stereocenters. The quantitative estimate of drug-likeness (QED) is 0.641. The van der Waals surface area contributed by atoms with Crippen LogP contribution in [0.2, 0.25) is 0 Å². The van der Waals surface area contributed by atoms with Crippen molar-refractivity contribution in [1.29, 1.82) is 0 Å². The topological polar surface area (TPSA) is 75.8 Å². The number of nitro benzene ring substituents is 1. The first-order valence-corrected chi connectivity index (χ1v) is 5.53. The SMILES string of the molecule is COc1cc(N(CCO)CC(F)(F)F)cc([N+](=O)[O-])c1. The lowest BCUT2D eigenvalue weighted by atomic mass is 10.2. The third-order valence-electron chi connectivity index (χ3n) is 2.43. The van der Waals surface area contributed by atoms with Gasteiger partial charge in [-0.05, 0) is 0 Å². The first-order chi connectivity index (χ1) is 9.26. The Bertz CT molecular complexity index is 479. The molecule has 6 nitrogen and oxygen atoms in total. The van der Waals surface area contributed by atoms with E-state index >= 15 is 0 Å². The van der Waals surface area contributed by atoms with Gasteiger partial charge in [0.2, 0.25) is 0 Å². The number of nitro groups is 1. The van der Waals surface area contributed by atoms with E-state index in [9.17, 15) is 23.3 Å². The van der Waals surface area contributed by atoms with Gasteiger partial charge < -0.3 is 14.7 Å². The molecule has 0 saturated heterocycles. The van der Waals surface area contributed by atoms with Crippen LogP contribution in [0.4, 0.5) is 24.5 Å². The van der Waals surface area contributed by atoms with Gasteiger partial charge in [-0.15, -0.1) is 0 Å². The molecule has 20 heavy (non-hydrogen) atoms. The van der Waals surface area contributed by atoms with Gasteiger partial charge in [-0.1, -0.05) is 0 Å². The van der Waals surface area contributed by atoms with Crippen LogP contribution >= 0.6 is 0 Å². The van der Waals surface area contributed by atoms with E-state index in [0.717, 1.165) is 17.0 Å². The van der Waals surface area contributed by atoms with Crippen molar-refractivity contribution in [2.45, 2.75) is 6.18 Å². The Labute approximate surface area is 112 Å². The van der Waals surface area contributed by atoms with Gasteiger partial charge in [0.15, 0.2) is 0 Å². The van der Waals surface area contributed by atoms with Crippen molar-refractivity contribution in [3.63, 3.8) is 0 Å². The van der Waals surface area contributed by atoms with Gasteiger partial charge >= 0.3 is 6.18 Å². The number of non-ortho nitro benzene ring substituents is 1. The molecule has 0 spiro atoms. The molecule has 112 valence electrons. The minimum absolute atomic E-state index is 0.0394. The summed E-state index contributed by atoms with van der Waals surface area (Å²) in [7, 11) is 1.25. The van der Waals surface area contributed by atoms with Gasteiger partial charge in [0.05, 0.1) is 24.7 Å². The predicted molar refractivity (Wildman–Crippen MR) is 65.0 cm³/mol. The number of nitrogens with zero attached hydrogens (tertiary/aromatic N) is 2. The van der Waals surface area contributed by atoms with Crippen molar-refractivity contribution >= 4 is 11.4 Å². The summed E-state index contributed by atoms with van der Waals surface area (Å²) in [5, 5.41) is 19.6. The molecule has 9 heteroatoms. The minimum Gasteiger partial charge on any atom is -0.496 e. The van der Waals surface area contributed by atoms with E-state index in [-0.39, 0.29) is 23.7 Å². The maximum atomic E-state index is 12.5. The molecule has 1 aromatic carbocycles. The molecule has 0 radical (unpaired) electrons. The number of hydrogen-bond acceptors (Lipinski definition) is 5. The fourth-order valence-corrected chi connectivity index (χ4v) is 1.61. The number of aliphatic hydroxyl groups excluding tert-OH is 1. The number of alkyl halides is 3. The van der Waals surface area contributed by atoms with Crippen LogP contribution in [0.15, 0.2) is 18.2 Å². The first kappa shape index (κ1) is 16.0. The number of rotatable bonds is 6. The van der Waals surface area contributed by atoms with Gasteiger partial charge in [0.1, 0.15) is 12.3 Å². The van der Waals surface area contributed by atoms with Crippen LogP contribution in [0, 0.1) is 10.1 Å². The Morgan fingerprint density at radius 1 is 1.40 bits per heavy atom. The maximum absolute atomic E-state index is 12.5. The Morgan fingerprint density at radius 3 is 2.50 bits per heavy atom. The molecule has 0 heterocycles. The highest BCUT2D eigenvalue weighted by atomic mass is 19.4. The summed E-state index contributed by atoms with van der Waals surface area (Å²) in [4.78, 5) is 10.8. The zero-order chi connectivity index (χ0) is 15.3. The van der Waals surface area contributed by atoms with Crippen LogP contribution < -0.4 is 9.64 Å². The van der Waals surface area contributed by atoms with E-state index < -0.39 is 24.3 Å². The molecule has 0 amide bonds. The van der Waals surface area contributed by atoms with Gasteiger partial charge in [0.25, 0.3) is 5.69 Å². The summed E-state index contributed by atoms with van der Waals surface area (Å²) in [5.41, 5.74) is -0.424. The molecule has 1 N–H and O–H groups in total. The van der Waals surface area contributed by atoms with Crippen LogP contribution in [0.1, 0.15) is 0 Å². The first-order valence-electron chi connectivity index (χ1n) is 5.53. The minimum atomic E-state index is -4.49. The molecular weight excluding hydrogens is 281 g/mol. The maximum Gasteiger partial charge on any atom is 0.405 e. The van der Waals surface area contributed by atoms with Crippen LogP contribution in [0.5, 0.6) is 5.75 Å². The molecular formula is C11H13F3N2O4. The Kier molecular flexibility index (Phi) is 5.14. The monoisotopic (exact) mass is 294 g/mol. The average Bonchev–Trinajstić information content (AvgIpc) is 2.36. The Hall–Kier alpha value is -2.03. The second-order valence-electron chi connectivity index (χ2n) is 3.91. The lowest BCUT2D eigenvalue weighted by Crippen LogP contribution is -2.36. The lowest BCUT2D eigenvalue weighted by molar-refractivity contribution is -0.384. The fourth-order valence-electron chi connectivity index (χ4n) is 1.61. The van der Waals surface area contributed by atoms with Gasteiger partial charge in [-0.3, -0.25) is 10.1 Å². The van der Waals surface area contributed by atoms with Gasteiger partial charge in [0, 0.05) is 24.4 Å². The summed E-state index contributed by atoms with van der Waals surface area (Å²) in [5.74, 6) is 0.0688. The van der Waals surface area contributed by atoms with Crippen molar-refractivity contribution < 1.29 is 27.9 Å². The van der Waals surface area contributed by atoms with Gasteiger partial charge in [-0.25, -0.2) is 0 Å². The summed E-state index contributed by atoms with van der Waals surface area (Å²) in [6, 6.07) is 3.35. The van der Waals surface area contributed by atoms with Crippen LogP contribution in [0.3, 0.4) is 0 Å². The summed E-state index contributed by atoms with van der Waals surface area (Å²) < 4.78 is 42.2. The van der Waals surface area contributed by atoms with E-state index in [1.165, 1.54) is 13.2 Å². The van der Waals surface area contributed by atoms with E-state index in [0.29, 0.717) is 0 Å². The number of anilines is 1. The molecule has 0 aromatic heterocycles. The predicted octanol–water partition coefficient (Wildman–Crippen LogP) is 1.96. The Balaban J connectivity index is 3.17.